The molecule has 1 aliphatic heterocycles. The highest BCUT2D eigenvalue weighted by molar-refractivity contribution is 8.00. The predicted molar refractivity (Wildman–Crippen MR) is 113 cm³/mol. The van der Waals surface area contributed by atoms with E-state index in [9.17, 15) is 9.18 Å². The first kappa shape index (κ1) is 19.2. The number of hydrogen-bond donors (Lipinski definition) is 1. The highest BCUT2D eigenvalue weighted by Gasteiger charge is 2.20. The van der Waals surface area contributed by atoms with Crippen LogP contribution in [-0.2, 0) is 24.2 Å². The Bertz CT molecular complexity index is 1140. The number of nitrogens with zero attached hydrogens (tertiary/aromatic N) is 1. The maximum absolute atomic E-state index is 13.8. The number of halogens is 1. The van der Waals surface area contributed by atoms with Gasteiger partial charge in [0.05, 0.1) is 11.3 Å². The third-order valence-electron chi connectivity index (χ3n) is 5.50. The minimum atomic E-state index is -0.236. The van der Waals surface area contributed by atoms with E-state index < -0.39 is 0 Å². The fourth-order valence-corrected chi connectivity index (χ4v) is 4.95. The largest absolute Gasteiger partial charge is 0.454 e. The standard InChI is InChI=1S/C23H21FN2O3S/c24-15-6-7-19-18(10-15)16-3-1-2-4-17(16)23(26-19)30-12-22(27)25-11-14-5-8-20-21(9-14)29-13-28-20/h5-10H,1-4,11-13H2,(H,25,27). The summed E-state index contributed by atoms with van der Waals surface area (Å²) in [6.45, 7) is 0.663. The monoisotopic (exact) mass is 424 g/mol. The Morgan fingerprint density at radius 1 is 1.07 bits per heavy atom. The lowest BCUT2D eigenvalue weighted by Gasteiger charge is -2.20. The first-order valence-electron chi connectivity index (χ1n) is 10.1. The number of amides is 1. The van der Waals surface area contributed by atoms with Crippen molar-refractivity contribution in [1.82, 2.24) is 10.3 Å². The summed E-state index contributed by atoms with van der Waals surface area (Å²) in [4.78, 5) is 17.2. The third kappa shape index (κ3) is 3.81. The molecule has 7 heteroatoms. The maximum Gasteiger partial charge on any atom is 0.231 e. The van der Waals surface area contributed by atoms with Gasteiger partial charge in [0.1, 0.15) is 10.8 Å². The van der Waals surface area contributed by atoms with Gasteiger partial charge in [0.15, 0.2) is 11.5 Å². The van der Waals surface area contributed by atoms with Gasteiger partial charge in [0, 0.05) is 11.9 Å². The van der Waals surface area contributed by atoms with Crippen molar-refractivity contribution in [2.45, 2.75) is 37.3 Å². The molecule has 1 amide bonds. The molecule has 0 saturated heterocycles. The minimum Gasteiger partial charge on any atom is -0.454 e. The van der Waals surface area contributed by atoms with Crippen molar-refractivity contribution < 1.29 is 18.7 Å². The van der Waals surface area contributed by atoms with E-state index in [1.54, 1.807) is 12.1 Å². The van der Waals surface area contributed by atoms with Gasteiger partial charge in [-0.05, 0) is 72.7 Å². The molecule has 0 saturated carbocycles. The van der Waals surface area contributed by atoms with Crippen LogP contribution in [0.15, 0.2) is 41.4 Å². The molecule has 3 aromatic rings. The number of ether oxygens (including phenoxy) is 2. The summed E-state index contributed by atoms with van der Waals surface area (Å²) in [6.07, 6.45) is 4.06. The molecule has 1 aliphatic carbocycles. The zero-order chi connectivity index (χ0) is 20.5. The van der Waals surface area contributed by atoms with E-state index in [4.69, 9.17) is 14.5 Å². The Labute approximate surface area is 178 Å². The Morgan fingerprint density at radius 3 is 2.80 bits per heavy atom. The first-order valence-corrected chi connectivity index (χ1v) is 11.0. The van der Waals surface area contributed by atoms with Crippen LogP contribution in [0.5, 0.6) is 11.5 Å². The molecule has 0 spiro atoms. The fourth-order valence-electron chi connectivity index (χ4n) is 4.02. The Hall–Kier alpha value is -2.80. The molecule has 2 aliphatic rings. The molecular weight excluding hydrogens is 403 g/mol. The molecule has 1 N–H and O–H groups in total. The molecule has 2 heterocycles. The summed E-state index contributed by atoms with van der Waals surface area (Å²) in [5.74, 6) is 1.44. The van der Waals surface area contributed by atoms with Gasteiger partial charge in [0.25, 0.3) is 0 Å². The molecule has 5 rings (SSSR count). The Kier molecular flexibility index (Phi) is 5.21. The summed E-state index contributed by atoms with van der Waals surface area (Å²) in [5, 5.41) is 4.75. The quantitative estimate of drug-likeness (QED) is 0.616. The molecule has 0 radical (unpaired) electrons. The molecule has 0 unspecified atom stereocenters. The summed E-state index contributed by atoms with van der Waals surface area (Å²) < 4.78 is 24.4. The average molecular weight is 424 g/mol. The highest BCUT2D eigenvalue weighted by atomic mass is 32.2. The van der Waals surface area contributed by atoms with Crippen LogP contribution in [0.1, 0.15) is 29.5 Å². The van der Waals surface area contributed by atoms with Crippen molar-refractivity contribution >= 4 is 28.6 Å². The van der Waals surface area contributed by atoms with Gasteiger partial charge in [-0.15, -0.1) is 0 Å². The van der Waals surface area contributed by atoms with Crippen LogP contribution >= 0.6 is 11.8 Å². The normalized spacial score (nSPS) is 14.6. The maximum atomic E-state index is 13.8. The second-order valence-corrected chi connectivity index (χ2v) is 8.46. The summed E-state index contributed by atoms with van der Waals surface area (Å²) in [5.41, 5.74) is 4.11. The number of benzene rings is 2. The fraction of sp³-hybridized carbons (Fsp3) is 0.304. The second-order valence-electron chi connectivity index (χ2n) is 7.50. The zero-order valence-electron chi connectivity index (χ0n) is 16.4. The lowest BCUT2D eigenvalue weighted by molar-refractivity contribution is -0.118. The van der Waals surface area contributed by atoms with Crippen molar-refractivity contribution in [3.8, 4) is 11.5 Å². The first-order chi connectivity index (χ1) is 14.7. The van der Waals surface area contributed by atoms with Crippen LogP contribution < -0.4 is 14.8 Å². The lowest BCUT2D eigenvalue weighted by atomic mass is 9.90. The minimum absolute atomic E-state index is 0.0526. The second kappa shape index (κ2) is 8.14. The molecule has 30 heavy (non-hydrogen) atoms. The average Bonchev–Trinajstić information content (AvgIpc) is 3.24. The number of hydrogen-bond acceptors (Lipinski definition) is 5. The van der Waals surface area contributed by atoms with E-state index in [1.807, 2.05) is 18.2 Å². The van der Waals surface area contributed by atoms with Crippen LogP contribution in [0, 0.1) is 5.82 Å². The zero-order valence-corrected chi connectivity index (χ0v) is 17.2. The van der Waals surface area contributed by atoms with Crippen molar-refractivity contribution in [3.63, 3.8) is 0 Å². The molecular formula is C23H21FN2O3S. The molecule has 1 aromatic heterocycles. The van der Waals surface area contributed by atoms with Gasteiger partial charge in [-0.3, -0.25) is 4.79 Å². The van der Waals surface area contributed by atoms with Crippen LogP contribution in [0.3, 0.4) is 0 Å². The number of nitrogens with one attached hydrogen (secondary N) is 1. The number of aryl methyl sites for hydroxylation is 1. The van der Waals surface area contributed by atoms with Crippen LogP contribution in [0.25, 0.3) is 10.9 Å². The van der Waals surface area contributed by atoms with Gasteiger partial charge in [-0.1, -0.05) is 17.8 Å². The molecule has 2 aromatic carbocycles. The van der Waals surface area contributed by atoms with Gasteiger partial charge in [-0.25, -0.2) is 9.37 Å². The van der Waals surface area contributed by atoms with E-state index in [0.717, 1.165) is 52.9 Å². The summed E-state index contributed by atoms with van der Waals surface area (Å²) in [6, 6.07) is 10.4. The SMILES string of the molecule is O=C(CSc1nc2ccc(F)cc2c2c1CCCC2)NCc1ccc2c(c1)OCO2. The highest BCUT2D eigenvalue weighted by Crippen LogP contribution is 2.35. The predicted octanol–water partition coefficient (Wildman–Crippen LogP) is 4.39. The smallest absolute Gasteiger partial charge is 0.231 e. The van der Waals surface area contributed by atoms with Crippen molar-refractivity contribution in [2.75, 3.05) is 12.5 Å². The number of aromatic nitrogens is 1. The Morgan fingerprint density at radius 2 is 1.90 bits per heavy atom. The lowest BCUT2D eigenvalue weighted by Crippen LogP contribution is -2.24. The van der Waals surface area contributed by atoms with Gasteiger partial charge >= 0.3 is 0 Å². The third-order valence-corrected chi connectivity index (χ3v) is 6.52. The molecule has 154 valence electrons. The van der Waals surface area contributed by atoms with Gasteiger partial charge in [0.2, 0.25) is 12.7 Å². The van der Waals surface area contributed by atoms with E-state index >= 15 is 0 Å². The Balaban J connectivity index is 1.28. The van der Waals surface area contributed by atoms with Crippen LogP contribution in [0.2, 0.25) is 0 Å². The van der Waals surface area contributed by atoms with E-state index in [-0.39, 0.29) is 24.3 Å². The summed E-state index contributed by atoms with van der Waals surface area (Å²) in [7, 11) is 0. The van der Waals surface area contributed by atoms with Crippen molar-refractivity contribution in [3.05, 3.63) is 58.9 Å². The van der Waals surface area contributed by atoms with Crippen molar-refractivity contribution in [1.29, 1.82) is 0 Å². The van der Waals surface area contributed by atoms with Crippen LogP contribution in [0.4, 0.5) is 4.39 Å². The van der Waals surface area contributed by atoms with Crippen LogP contribution in [-0.4, -0.2) is 23.4 Å². The molecule has 0 fully saturated rings. The number of thioether (sulfide) groups is 1. The molecule has 0 atom stereocenters. The number of carbonyl (C=O) groups excluding carboxylic acids is 1. The van der Waals surface area contributed by atoms with E-state index in [2.05, 4.69) is 5.32 Å². The van der Waals surface area contributed by atoms with Crippen molar-refractivity contribution in [2.24, 2.45) is 0 Å². The van der Waals surface area contributed by atoms with E-state index in [0.29, 0.717) is 12.3 Å². The van der Waals surface area contributed by atoms with E-state index in [1.165, 1.54) is 29.0 Å². The number of rotatable bonds is 5. The summed E-state index contributed by atoms with van der Waals surface area (Å²) >= 11 is 1.46. The molecule has 0 bridgehead atoms. The number of fused-ring (bicyclic) bond motifs is 4. The van der Waals surface area contributed by atoms with Gasteiger partial charge in [-0.2, -0.15) is 0 Å². The van der Waals surface area contributed by atoms with Gasteiger partial charge < -0.3 is 14.8 Å². The topological polar surface area (TPSA) is 60.5 Å². The molecule has 5 nitrogen and oxygen atoms in total. The number of carbonyl (C=O) groups is 1. The number of pyridine rings is 1.